The molecule has 2 aromatic rings. The van der Waals surface area contributed by atoms with Gasteiger partial charge in [0.2, 0.25) is 0 Å². The molecule has 0 bridgehead atoms. The van der Waals surface area contributed by atoms with E-state index in [2.05, 4.69) is 62.0 Å². The standard InChI is InChI=1S/C17H24N4S.HI/c1-11-6-7-13(8-12(11)2)21-16(18)19-9-14-10-22-15(20-14)17(3,4)5;/h6-8,10H,9H2,1-5H3,(H3,18,19,21);1H. The van der Waals surface area contributed by atoms with E-state index in [0.717, 1.165) is 16.4 Å². The summed E-state index contributed by atoms with van der Waals surface area (Å²) in [6, 6.07) is 6.14. The maximum atomic E-state index is 5.95. The third-order valence-corrected chi connectivity index (χ3v) is 4.70. The van der Waals surface area contributed by atoms with Gasteiger partial charge in [-0.3, -0.25) is 0 Å². The van der Waals surface area contributed by atoms with Crippen molar-refractivity contribution < 1.29 is 0 Å². The molecular formula is C17H25IN4S. The molecule has 0 saturated heterocycles. The van der Waals surface area contributed by atoms with E-state index in [4.69, 9.17) is 5.73 Å². The molecule has 0 aliphatic rings. The first-order chi connectivity index (χ1) is 10.3. The van der Waals surface area contributed by atoms with Gasteiger partial charge in [-0.15, -0.1) is 35.3 Å². The highest BCUT2D eigenvalue weighted by atomic mass is 127. The van der Waals surface area contributed by atoms with Gasteiger partial charge in [0, 0.05) is 16.5 Å². The van der Waals surface area contributed by atoms with E-state index in [-0.39, 0.29) is 29.4 Å². The fourth-order valence-electron chi connectivity index (χ4n) is 1.90. The zero-order valence-electron chi connectivity index (χ0n) is 14.3. The van der Waals surface area contributed by atoms with Gasteiger partial charge in [-0.25, -0.2) is 9.98 Å². The number of halogens is 1. The highest BCUT2D eigenvalue weighted by Gasteiger charge is 2.17. The second-order valence-electron chi connectivity index (χ2n) is 6.52. The zero-order valence-corrected chi connectivity index (χ0v) is 17.5. The van der Waals surface area contributed by atoms with E-state index in [1.165, 1.54) is 11.1 Å². The average Bonchev–Trinajstić information content (AvgIpc) is 2.89. The minimum Gasteiger partial charge on any atom is -0.370 e. The van der Waals surface area contributed by atoms with Crippen molar-refractivity contribution in [3.05, 3.63) is 45.4 Å². The van der Waals surface area contributed by atoms with Crippen molar-refractivity contribution in [3.8, 4) is 0 Å². The van der Waals surface area contributed by atoms with Crippen molar-refractivity contribution in [2.24, 2.45) is 10.7 Å². The van der Waals surface area contributed by atoms with E-state index in [1.807, 2.05) is 11.4 Å². The smallest absolute Gasteiger partial charge is 0.193 e. The number of aryl methyl sites for hydroxylation is 2. The summed E-state index contributed by atoms with van der Waals surface area (Å²) < 4.78 is 0. The van der Waals surface area contributed by atoms with E-state index in [1.54, 1.807) is 11.3 Å². The predicted molar refractivity (Wildman–Crippen MR) is 111 cm³/mol. The Morgan fingerprint density at radius 3 is 2.52 bits per heavy atom. The molecule has 0 saturated carbocycles. The second kappa shape index (κ2) is 8.10. The van der Waals surface area contributed by atoms with Crippen molar-refractivity contribution in [2.45, 2.75) is 46.6 Å². The lowest BCUT2D eigenvalue weighted by molar-refractivity contribution is 0.583. The van der Waals surface area contributed by atoms with E-state index < -0.39 is 0 Å². The number of hydrogen-bond donors (Lipinski definition) is 2. The number of anilines is 1. The molecular weight excluding hydrogens is 419 g/mol. The Labute approximate surface area is 159 Å². The van der Waals surface area contributed by atoms with Gasteiger partial charge in [0.05, 0.1) is 17.2 Å². The Kier molecular flexibility index (Phi) is 7.01. The van der Waals surface area contributed by atoms with Gasteiger partial charge < -0.3 is 11.1 Å². The monoisotopic (exact) mass is 444 g/mol. The van der Waals surface area contributed by atoms with Crippen molar-refractivity contribution in [3.63, 3.8) is 0 Å². The molecule has 1 aromatic carbocycles. The predicted octanol–water partition coefficient (Wildman–Crippen LogP) is 4.60. The molecule has 1 heterocycles. The van der Waals surface area contributed by atoms with Crippen molar-refractivity contribution in [1.82, 2.24) is 4.98 Å². The lowest BCUT2D eigenvalue weighted by atomic mass is 9.98. The van der Waals surface area contributed by atoms with Crippen LogP contribution in [0.3, 0.4) is 0 Å². The number of nitrogens with zero attached hydrogens (tertiary/aromatic N) is 2. The van der Waals surface area contributed by atoms with E-state index >= 15 is 0 Å². The normalized spacial score (nSPS) is 12.0. The van der Waals surface area contributed by atoms with Crippen LogP contribution in [0.4, 0.5) is 5.69 Å². The molecule has 6 heteroatoms. The van der Waals surface area contributed by atoms with Crippen molar-refractivity contribution in [2.75, 3.05) is 5.32 Å². The van der Waals surface area contributed by atoms with Crippen LogP contribution < -0.4 is 11.1 Å². The quantitative estimate of drug-likeness (QED) is 0.413. The first-order valence-electron chi connectivity index (χ1n) is 7.35. The number of nitrogens with two attached hydrogens (primary N) is 1. The maximum Gasteiger partial charge on any atom is 0.193 e. The van der Waals surface area contributed by atoms with E-state index in [0.29, 0.717) is 12.5 Å². The van der Waals surface area contributed by atoms with Crippen LogP contribution in [-0.4, -0.2) is 10.9 Å². The van der Waals surface area contributed by atoms with Crippen LogP contribution in [-0.2, 0) is 12.0 Å². The number of benzene rings is 1. The first kappa shape index (κ1) is 19.9. The molecule has 0 aliphatic carbocycles. The number of nitrogens with one attached hydrogen (secondary N) is 1. The summed E-state index contributed by atoms with van der Waals surface area (Å²) in [4.78, 5) is 8.98. The Hall–Kier alpha value is -1.15. The molecule has 0 fully saturated rings. The number of guanidine groups is 1. The Morgan fingerprint density at radius 1 is 1.26 bits per heavy atom. The Balaban J connectivity index is 0.00000264. The summed E-state index contributed by atoms with van der Waals surface area (Å²) in [5.74, 6) is 0.411. The van der Waals surface area contributed by atoms with Crippen LogP contribution in [0.1, 0.15) is 42.6 Å². The zero-order chi connectivity index (χ0) is 16.3. The molecule has 0 unspecified atom stereocenters. The lowest BCUT2D eigenvalue weighted by Crippen LogP contribution is -2.22. The molecule has 0 atom stereocenters. The average molecular weight is 444 g/mol. The molecule has 23 heavy (non-hydrogen) atoms. The summed E-state index contributed by atoms with van der Waals surface area (Å²) >= 11 is 1.67. The molecule has 0 amide bonds. The minimum absolute atomic E-state index is 0. The molecule has 1 aromatic heterocycles. The molecule has 0 aliphatic heterocycles. The van der Waals surface area contributed by atoms with Crippen molar-refractivity contribution in [1.29, 1.82) is 0 Å². The van der Waals surface area contributed by atoms with Gasteiger partial charge in [0.1, 0.15) is 0 Å². The molecule has 2 rings (SSSR count). The minimum atomic E-state index is 0. The number of rotatable bonds is 3. The largest absolute Gasteiger partial charge is 0.370 e. The van der Waals surface area contributed by atoms with Gasteiger partial charge >= 0.3 is 0 Å². The number of thiazole rings is 1. The van der Waals surface area contributed by atoms with Crippen LogP contribution in [0.5, 0.6) is 0 Å². The third-order valence-electron chi connectivity index (χ3n) is 3.38. The SMILES string of the molecule is Cc1ccc(NC(N)=NCc2csc(C(C)(C)C)n2)cc1C.I. The molecule has 0 radical (unpaired) electrons. The fraction of sp³-hybridized carbons (Fsp3) is 0.412. The summed E-state index contributed by atoms with van der Waals surface area (Å²) in [6.07, 6.45) is 0. The highest BCUT2D eigenvalue weighted by molar-refractivity contribution is 14.0. The van der Waals surface area contributed by atoms with Crippen LogP contribution in [0.2, 0.25) is 0 Å². The Morgan fingerprint density at radius 2 is 1.96 bits per heavy atom. The van der Waals surface area contributed by atoms with Crippen LogP contribution in [0.15, 0.2) is 28.6 Å². The van der Waals surface area contributed by atoms with Gasteiger partial charge in [0.15, 0.2) is 5.96 Å². The fourth-order valence-corrected chi connectivity index (χ4v) is 2.80. The highest BCUT2D eigenvalue weighted by Crippen LogP contribution is 2.25. The maximum absolute atomic E-state index is 5.95. The van der Waals surface area contributed by atoms with Gasteiger partial charge in [-0.2, -0.15) is 0 Å². The second-order valence-corrected chi connectivity index (χ2v) is 7.38. The van der Waals surface area contributed by atoms with Gasteiger partial charge in [-0.05, 0) is 37.1 Å². The van der Waals surface area contributed by atoms with E-state index in [9.17, 15) is 0 Å². The lowest BCUT2D eigenvalue weighted by Gasteiger charge is -2.13. The molecule has 126 valence electrons. The summed E-state index contributed by atoms with van der Waals surface area (Å²) in [5, 5.41) is 6.29. The topological polar surface area (TPSA) is 63.3 Å². The van der Waals surface area contributed by atoms with Gasteiger partial charge in [0.25, 0.3) is 0 Å². The van der Waals surface area contributed by atoms with Gasteiger partial charge in [-0.1, -0.05) is 26.8 Å². The molecule has 3 N–H and O–H groups in total. The molecule has 4 nitrogen and oxygen atoms in total. The van der Waals surface area contributed by atoms with Crippen LogP contribution in [0.25, 0.3) is 0 Å². The first-order valence-corrected chi connectivity index (χ1v) is 8.23. The van der Waals surface area contributed by atoms with Crippen LogP contribution in [0, 0.1) is 13.8 Å². The number of hydrogen-bond acceptors (Lipinski definition) is 3. The summed E-state index contributed by atoms with van der Waals surface area (Å²) in [6.45, 7) is 11.1. The third kappa shape index (κ3) is 5.76. The summed E-state index contributed by atoms with van der Waals surface area (Å²) in [7, 11) is 0. The van der Waals surface area contributed by atoms with Crippen LogP contribution >= 0.6 is 35.3 Å². The molecule has 0 spiro atoms. The summed E-state index contributed by atoms with van der Waals surface area (Å²) in [5.41, 5.74) is 10.4. The Bertz CT molecular complexity index is 686. The number of aromatic nitrogens is 1. The van der Waals surface area contributed by atoms with Crippen molar-refractivity contribution >= 4 is 47.0 Å². The number of aliphatic imine (C=N–C) groups is 1.